The van der Waals surface area contributed by atoms with E-state index in [0.717, 1.165) is 6.42 Å². The Labute approximate surface area is 74.2 Å². The summed E-state index contributed by atoms with van der Waals surface area (Å²) in [6.45, 7) is 3.51. The van der Waals surface area contributed by atoms with E-state index in [4.69, 9.17) is 0 Å². The van der Waals surface area contributed by atoms with Gasteiger partial charge < -0.3 is 4.98 Å². The first kappa shape index (κ1) is 10.1. The largest absolute Gasteiger partial charge is 0.449 e. The van der Waals surface area contributed by atoms with Crippen LogP contribution in [-0.4, -0.2) is 9.97 Å². The second-order valence-corrected chi connectivity index (χ2v) is 2.90. The molecule has 1 rings (SSSR count). The molecule has 0 saturated heterocycles. The molecule has 0 unspecified atom stereocenters. The Bertz CT molecular complexity index is 288. The number of halogens is 3. The summed E-state index contributed by atoms with van der Waals surface area (Å²) in [7, 11) is 0. The van der Waals surface area contributed by atoms with E-state index in [1.807, 2.05) is 6.92 Å². The summed E-state index contributed by atoms with van der Waals surface area (Å²) >= 11 is 0. The average molecular weight is 192 g/mol. The summed E-state index contributed by atoms with van der Waals surface area (Å²) in [6, 6.07) is 0. The zero-order chi connectivity index (χ0) is 10.1. The van der Waals surface area contributed by atoms with Gasteiger partial charge in [0, 0.05) is 5.69 Å². The van der Waals surface area contributed by atoms with Crippen LogP contribution in [0.15, 0.2) is 0 Å². The first-order valence-electron chi connectivity index (χ1n) is 4.07. The molecule has 0 atom stereocenters. The lowest BCUT2D eigenvalue weighted by molar-refractivity contribution is -0.144. The van der Waals surface area contributed by atoms with E-state index in [9.17, 15) is 13.2 Å². The Morgan fingerprint density at radius 1 is 1.38 bits per heavy atom. The predicted octanol–water partition coefficient (Wildman–Crippen LogP) is 2.69. The molecule has 1 N–H and O–H groups in total. The number of hydrogen-bond donors (Lipinski definition) is 1. The van der Waals surface area contributed by atoms with Crippen molar-refractivity contribution < 1.29 is 13.2 Å². The minimum atomic E-state index is -4.36. The molecule has 5 heteroatoms. The Balaban J connectivity index is 2.95. The van der Waals surface area contributed by atoms with Crippen molar-refractivity contribution in [3.8, 4) is 0 Å². The van der Waals surface area contributed by atoms with Gasteiger partial charge in [-0.1, -0.05) is 13.3 Å². The molecule has 2 nitrogen and oxygen atoms in total. The number of H-pyrrole nitrogens is 1. The van der Waals surface area contributed by atoms with E-state index < -0.39 is 12.0 Å². The van der Waals surface area contributed by atoms with E-state index in [0.29, 0.717) is 17.8 Å². The molecule has 13 heavy (non-hydrogen) atoms. The van der Waals surface area contributed by atoms with Gasteiger partial charge in [-0.15, -0.1) is 0 Å². The summed E-state index contributed by atoms with van der Waals surface area (Å²) in [5, 5.41) is 0. The van der Waals surface area contributed by atoms with Crippen LogP contribution in [0.3, 0.4) is 0 Å². The molecule has 1 heterocycles. The zero-order valence-corrected chi connectivity index (χ0v) is 7.50. The molecule has 0 spiro atoms. The highest BCUT2D eigenvalue weighted by Gasteiger charge is 2.35. The number of aryl methyl sites for hydroxylation is 2. The van der Waals surface area contributed by atoms with Gasteiger partial charge in [-0.05, 0) is 13.3 Å². The molecule has 1 aromatic rings. The van der Waals surface area contributed by atoms with Crippen molar-refractivity contribution in [1.29, 1.82) is 0 Å². The predicted molar refractivity (Wildman–Crippen MR) is 42.3 cm³/mol. The molecule has 0 saturated carbocycles. The third-order valence-corrected chi connectivity index (χ3v) is 1.74. The molecule has 0 fully saturated rings. The zero-order valence-electron chi connectivity index (χ0n) is 7.50. The summed E-state index contributed by atoms with van der Waals surface area (Å²) in [6.07, 6.45) is -2.99. The molecular weight excluding hydrogens is 181 g/mol. The minimum Gasteiger partial charge on any atom is -0.338 e. The monoisotopic (exact) mass is 192 g/mol. The average Bonchev–Trinajstić information content (AvgIpc) is 2.32. The van der Waals surface area contributed by atoms with Gasteiger partial charge in [0.25, 0.3) is 0 Å². The summed E-state index contributed by atoms with van der Waals surface area (Å²) < 4.78 is 36.4. The number of nitrogens with zero attached hydrogens (tertiary/aromatic N) is 1. The van der Waals surface area contributed by atoms with Gasteiger partial charge in [0.2, 0.25) is 5.82 Å². The van der Waals surface area contributed by atoms with Gasteiger partial charge in [0.1, 0.15) is 0 Å². The van der Waals surface area contributed by atoms with Crippen molar-refractivity contribution in [2.45, 2.75) is 32.9 Å². The molecular formula is C8H11F3N2. The van der Waals surface area contributed by atoms with Crippen LogP contribution in [-0.2, 0) is 12.6 Å². The maximum atomic E-state index is 12.1. The molecule has 0 aliphatic heterocycles. The lowest BCUT2D eigenvalue weighted by atomic mass is 10.2. The van der Waals surface area contributed by atoms with Gasteiger partial charge in [-0.25, -0.2) is 4.98 Å². The summed E-state index contributed by atoms with van der Waals surface area (Å²) in [5.41, 5.74) is 1.02. The highest BCUT2D eigenvalue weighted by molar-refractivity contribution is 5.14. The van der Waals surface area contributed by atoms with Crippen LogP contribution >= 0.6 is 0 Å². The Morgan fingerprint density at radius 2 is 2.00 bits per heavy atom. The van der Waals surface area contributed by atoms with E-state index >= 15 is 0 Å². The Hall–Kier alpha value is -1.00. The van der Waals surface area contributed by atoms with Crippen molar-refractivity contribution >= 4 is 0 Å². The third kappa shape index (κ3) is 2.23. The van der Waals surface area contributed by atoms with E-state index in [2.05, 4.69) is 9.97 Å². The highest BCUT2D eigenvalue weighted by atomic mass is 19.4. The fourth-order valence-corrected chi connectivity index (χ4v) is 1.11. The van der Waals surface area contributed by atoms with Crippen molar-refractivity contribution in [2.75, 3.05) is 0 Å². The fourth-order valence-electron chi connectivity index (χ4n) is 1.11. The molecule has 1 aromatic heterocycles. The minimum absolute atomic E-state index is 0.508. The molecule has 0 aromatic carbocycles. The van der Waals surface area contributed by atoms with Crippen LogP contribution in [0.25, 0.3) is 0 Å². The van der Waals surface area contributed by atoms with Gasteiger partial charge >= 0.3 is 6.18 Å². The number of aromatic nitrogens is 2. The first-order chi connectivity index (χ1) is 5.95. The van der Waals surface area contributed by atoms with Crippen molar-refractivity contribution in [1.82, 2.24) is 9.97 Å². The second-order valence-electron chi connectivity index (χ2n) is 2.90. The smallest absolute Gasteiger partial charge is 0.338 e. The topological polar surface area (TPSA) is 28.7 Å². The van der Waals surface area contributed by atoms with Crippen LogP contribution in [0, 0.1) is 6.92 Å². The summed E-state index contributed by atoms with van der Waals surface area (Å²) in [4.78, 5) is 5.72. The number of hydrogen-bond acceptors (Lipinski definition) is 1. The number of imidazole rings is 1. The third-order valence-electron chi connectivity index (χ3n) is 1.74. The summed E-state index contributed by atoms with van der Waals surface area (Å²) in [5.74, 6) is -0.895. The van der Waals surface area contributed by atoms with Crippen LogP contribution in [0.5, 0.6) is 0 Å². The Morgan fingerprint density at radius 3 is 2.38 bits per heavy atom. The highest BCUT2D eigenvalue weighted by Crippen LogP contribution is 2.27. The normalized spacial score (nSPS) is 12.1. The van der Waals surface area contributed by atoms with Gasteiger partial charge in [-0.3, -0.25) is 0 Å². The van der Waals surface area contributed by atoms with Gasteiger partial charge in [0.05, 0.1) is 5.69 Å². The van der Waals surface area contributed by atoms with Gasteiger partial charge in [-0.2, -0.15) is 13.2 Å². The van der Waals surface area contributed by atoms with Gasteiger partial charge in [0.15, 0.2) is 0 Å². The first-order valence-corrected chi connectivity index (χ1v) is 4.07. The van der Waals surface area contributed by atoms with Crippen LogP contribution in [0.1, 0.15) is 30.6 Å². The molecule has 74 valence electrons. The lowest BCUT2D eigenvalue weighted by Crippen LogP contribution is -2.07. The maximum absolute atomic E-state index is 12.1. The van der Waals surface area contributed by atoms with E-state index in [-0.39, 0.29) is 0 Å². The number of nitrogens with one attached hydrogen (secondary N) is 1. The van der Waals surface area contributed by atoms with Crippen LogP contribution in [0.4, 0.5) is 13.2 Å². The standard InChI is InChI=1S/C8H11F3N2/c1-3-4-6-5(2)12-7(13-6)8(9,10)11/h3-4H2,1-2H3,(H,12,13). The molecule has 0 amide bonds. The SMILES string of the molecule is CCCc1nc(C(F)(F)F)[nH]c1C. The number of rotatable bonds is 2. The lowest BCUT2D eigenvalue weighted by Gasteiger charge is -1.99. The van der Waals surface area contributed by atoms with Crippen LogP contribution in [0.2, 0.25) is 0 Å². The fraction of sp³-hybridized carbons (Fsp3) is 0.625. The quantitative estimate of drug-likeness (QED) is 0.766. The van der Waals surface area contributed by atoms with Crippen molar-refractivity contribution in [3.05, 3.63) is 17.2 Å². The molecule has 0 aliphatic rings. The second kappa shape index (κ2) is 3.40. The Kier molecular flexibility index (Phi) is 2.63. The molecule has 0 aliphatic carbocycles. The molecule has 0 radical (unpaired) electrons. The van der Waals surface area contributed by atoms with Crippen molar-refractivity contribution in [3.63, 3.8) is 0 Å². The maximum Gasteiger partial charge on any atom is 0.449 e. The van der Waals surface area contributed by atoms with E-state index in [1.165, 1.54) is 0 Å². The number of alkyl halides is 3. The number of aromatic amines is 1. The van der Waals surface area contributed by atoms with Crippen molar-refractivity contribution in [2.24, 2.45) is 0 Å². The molecule has 0 bridgehead atoms. The van der Waals surface area contributed by atoms with Crippen LogP contribution < -0.4 is 0 Å². The van der Waals surface area contributed by atoms with E-state index in [1.54, 1.807) is 6.92 Å².